The third kappa shape index (κ3) is 6.48. The SMILES string of the molecule is CCC(C)CCCCc1cccc(C=C(OC)C(=O)O)c1. The van der Waals surface area contributed by atoms with Crippen LogP contribution in [0.15, 0.2) is 30.0 Å². The van der Waals surface area contributed by atoms with Crippen LogP contribution in [0.25, 0.3) is 6.08 Å². The highest BCUT2D eigenvalue weighted by atomic mass is 16.5. The molecule has 0 aliphatic carbocycles. The highest BCUT2D eigenvalue weighted by molar-refractivity contribution is 5.89. The summed E-state index contributed by atoms with van der Waals surface area (Å²) < 4.78 is 4.85. The van der Waals surface area contributed by atoms with Gasteiger partial charge in [0.05, 0.1) is 7.11 Å². The molecule has 1 aromatic rings. The molecule has 1 rings (SSSR count). The second-order valence-electron chi connectivity index (χ2n) is 5.52. The average Bonchev–Trinajstić information content (AvgIpc) is 2.49. The Kier molecular flexibility index (Phi) is 7.59. The van der Waals surface area contributed by atoms with E-state index in [4.69, 9.17) is 9.84 Å². The predicted molar refractivity (Wildman–Crippen MR) is 86.1 cm³/mol. The number of ether oxygens (including phenoxy) is 1. The molecule has 0 aliphatic heterocycles. The molecule has 0 spiro atoms. The number of benzene rings is 1. The summed E-state index contributed by atoms with van der Waals surface area (Å²) in [4.78, 5) is 10.9. The molecule has 0 radical (unpaired) electrons. The standard InChI is InChI=1S/C18H26O3/c1-4-14(2)8-5-6-9-15-10-7-11-16(12-15)13-17(21-3)18(19)20/h7,10-14H,4-6,8-9H2,1-3H3,(H,19,20). The minimum atomic E-state index is -1.04. The Morgan fingerprint density at radius 1 is 1.38 bits per heavy atom. The lowest BCUT2D eigenvalue weighted by Gasteiger charge is -2.08. The van der Waals surface area contributed by atoms with Crippen LogP contribution in [0.1, 0.15) is 50.7 Å². The average molecular weight is 290 g/mol. The van der Waals surface area contributed by atoms with Gasteiger partial charge in [-0.15, -0.1) is 0 Å². The molecule has 1 atom stereocenters. The maximum absolute atomic E-state index is 10.9. The third-order valence-corrected chi connectivity index (χ3v) is 3.79. The van der Waals surface area contributed by atoms with Crippen LogP contribution < -0.4 is 0 Å². The van der Waals surface area contributed by atoms with Gasteiger partial charge in [0, 0.05) is 0 Å². The van der Waals surface area contributed by atoms with E-state index in [0.717, 1.165) is 17.9 Å². The molecule has 3 heteroatoms. The molecule has 0 saturated heterocycles. The van der Waals surface area contributed by atoms with E-state index < -0.39 is 5.97 Å². The van der Waals surface area contributed by atoms with Gasteiger partial charge in [-0.1, -0.05) is 57.4 Å². The van der Waals surface area contributed by atoms with E-state index in [0.29, 0.717) is 0 Å². The summed E-state index contributed by atoms with van der Waals surface area (Å²) in [6.45, 7) is 4.53. The van der Waals surface area contributed by atoms with Crippen molar-refractivity contribution in [3.05, 3.63) is 41.2 Å². The first-order chi connectivity index (χ1) is 10.1. The number of methoxy groups -OCH3 is 1. The van der Waals surface area contributed by atoms with Gasteiger partial charge < -0.3 is 9.84 Å². The van der Waals surface area contributed by atoms with Gasteiger partial charge in [-0.05, 0) is 36.0 Å². The van der Waals surface area contributed by atoms with Crippen LogP contribution in [0, 0.1) is 5.92 Å². The summed E-state index contributed by atoms with van der Waals surface area (Å²) in [5, 5.41) is 8.96. The molecular formula is C18H26O3. The minimum Gasteiger partial charge on any atom is -0.490 e. The van der Waals surface area contributed by atoms with Crippen molar-refractivity contribution in [1.29, 1.82) is 0 Å². The zero-order chi connectivity index (χ0) is 15.7. The fourth-order valence-electron chi connectivity index (χ4n) is 2.22. The molecule has 116 valence electrons. The summed E-state index contributed by atoms with van der Waals surface area (Å²) in [6, 6.07) is 7.98. The van der Waals surface area contributed by atoms with Crippen molar-refractivity contribution in [2.75, 3.05) is 7.11 Å². The van der Waals surface area contributed by atoms with Crippen molar-refractivity contribution < 1.29 is 14.6 Å². The van der Waals surface area contributed by atoms with Gasteiger partial charge in [0.15, 0.2) is 0 Å². The van der Waals surface area contributed by atoms with Gasteiger partial charge in [0.2, 0.25) is 5.76 Å². The second-order valence-corrected chi connectivity index (χ2v) is 5.52. The predicted octanol–water partition coefficient (Wildman–Crippen LogP) is 4.52. The van der Waals surface area contributed by atoms with Crippen molar-refractivity contribution >= 4 is 12.0 Å². The van der Waals surface area contributed by atoms with Gasteiger partial charge >= 0.3 is 5.97 Å². The van der Waals surface area contributed by atoms with Crippen LogP contribution in [-0.2, 0) is 16.0 Å². The number of aliphatic carboxylic acids is 1. The Bertz CT molecular complexity index is 477. The van der Waals surface area contributed by atoms with Crippen LogP contribution in [0.2, 0.25) is 0 Å². The van der Waals surface area contributed by atoms with Gasteiger partial charge in [-0.3, -0.25) is 0 Å². The van der Waals surface area contributed by atoms with E-state index in [1.807, 2.05) is 18.2 Å². The van der Waals surface area contributed by atoms with E-state index in [2.05, 4.69) is 19.9 Å². The molecule has 0 amide bonds. The maximum atomic E-state index is 10.9. The largest absolute Gasteiger partial charge is 0.490 e. The number of aryl methyl sites for hydroxylation is 1. The first-order valence-electron chi connectivity index (χ1n) is 7.64. The number of carbonyl (C=O) groups is 1. The van der Waals surface area contributed by atoms with E-state index in [1.165, 1.54) is 38.4 Å². The molecule has 21 heavy (non-hydrogen) atoms. The minimum absolute atomic E-state index is 0.0380. The summed E-state index contributed by atoms with van der Waals surface area (Å²) >= 11 is 0. The lowest BCUT2D eigenvalue weighted by atomic mass is 9.98. The lowest BCUT2D eigenvalue weighted by molar-refractivity contribution is -0.135. The monoisotopic (exact) mass is 290 g/mol. The van der Waals surface area contributed by atoms with Crippen LogP contribution in [-0.4, -0.2) is 18.2 Å². The Morgan fingerprint density at radius 2 is 2.14 bits per heavy atom. The Morgan fingerprint density at radius 3 is 2.76 bits per heavy atom. The smallest absolute Gasteiger partial charge is 0.371 e. The van der Waals surface area contributed by atoms with Gasteiger partial charge in [-0.25, -0.2) is 4.79 Å². The molecule has 3 nitrogen and oxygen atoms in total. The summed E-state index contributed by atoms with van der Waals surface area (Å²) in [7, 11) is 1.37. The topological polar surface area (TPSA) is 46.5 Å². The van der Waals surface area contributed by atoms with E-state index >= 15 is 0 Å². The molecule has 0 saturated carbocycles. The summed E-state index contributed by atoms with van der Waals surface area (Å²) in [5.74, 6) is -0.278. The zero-order valence-electron chi connectivity index (χ0n) is 13.3. The normalized spacial score (nSPS) is 13.0. The molecule has 0 aliphatic rings. The van der Waals surface area contributed by atoms with Crippen LogP contribution >= 0.6 is 0 Å². The molecule has 0 aromatic heterocycles. The highest BCUT2D eigenvalue weighted by Crippen LogP contribution is 2.15. The summed E-state index contributed by atoms with van der Waals surface area (Å²) in [5.41, 5.74) is 2.11. The van der Waals surface area contributed by atoms with Crippen molar-refractivity contribution in [1.82, 2.24) is 0 Å². The highest BCUT2D eigenvalue weighted by Gasteiger charge is 2.06. The van der Waals surface area contributed by atoms with Crippen molar-refractivity contribution in [2.24, 2.45) is 5.92 Å². The molecule has 0 fully saturated rings. The fraction of sp³-hybridized carbons (Fsp3) is 0.500. The number of rotatable bonds is 9. The van der Waals surface area contributed by atoms with E-state index in [1.54, 1.807) is 6.08 Å². The fourth-order valence-corrected chi connectivity index (χ4v) is 2.22. The van der Waals surface area contributed by atoms with E-state index in [9.17, 15) is 4.79 Å². The zero-order valence-corrected chi connectivity index (χ0v) is 13.3. The lowest BCUT2D eigenvalue weighted by Crippen LogP contribution is -2.02. The number of hydrogen-bond acceptors (Lipinski definition) is 2. The van der Waals surface area contributed by atoms with Gasteiger partial charge in [0.25, 0.3) is 0 Å². The second kappa shape index (κ2) is 9.22. The van der Waals surface area contributed by atoms with Crippen molar-refractivity contribution in [3.63, 3.8) is 0 Å². The number of unbranched alkanes of at least 4 members (excludes halogenated alkanes) is 1. The Hall–Kier alpha value is -1.77. The molecular weight excluding hydrogens is 264 g/mol. The quantitative estimate of drug-likeness (QED) is 0.413. The van der Waals surface area contributed by atoms with E-state index in [-0.39, 0.29) is 5.76 Å². The number of hydrogen-bond donors (Lipinski definition) is 1. The molecule has 1 N–H and O–H groups in total. The third-order valence-electron chi connectivity index (χ3n) is 3.79. The van der Waals surface area contributed by atoms with Crippen LogP contribution in [0.4, 0.5) is 0 Å². The number of carboxylic acid groups (broad SMARTS) is 1. The van der Waals surface area contributed by atoms with Gasteiger partial charge in [0.1, 0.15) is 0 Å². The molecule has 1 aromatic carbocycles. The first-order valence-corrected chi connectivity index (χ1v) is 7.64. The van der Waals surface area contributed by atoms with Crippen molar-refractivity contribution in [2.45, 2.75) is 46.0 Å². The van der Waals surface area contributed by atoms with Crippen molar-refractivity contribution in [3.8, 4) is 0 Å². The maximum Gasteiger partial charge on any atom is 0.371 e. The first kappa shape index (κ1) is 17.3. The van der Waals surface area contributed by atoms with Crippen LogP contribution in [0.3, 0.4) is 0 Å². The summed E-state index contributed by atoms with van der Waals surface area (Å²) in [6.07, 6.45) is 7.54. The number of carboxylic acids is 1. The molecule has 1 unspecified atom stereocenters. The Balaban J connectivity index is 2.58. The van der Waals surface area contributed by atoms with Gasteiger partial charge in [-0.2, -0.15) is 0 Å². The van der Waals surface area contributed by atoms with Crippen LogP contribution in [0.5, 0.6) is 0 Å². The molecule has 0 bridgehead atoms. The Labute approximate surface area is 127 Å². The molecule has 0 heterocycles.